The smallest absolute Gasteiger partial charge is 0.223 e. The van der Waals surface area contributed by atoms with Crippen molar-refractivity contribution in [2.45, 2.75) is 31.7 Å². The molecule has 2 aromatic rings. The van der Waals surface area contributed by atoms with Crippen LogP contribution >= 0.6 is 0 Å². The van der Waals surface area contributed by atoms with Crippen molar-refractivity contribution in [3.63, 3.8) is 0 Å². The monoisotopic (exact) mass is 342 g/mol. The van der Waals surface area contributed by atoms with Gasteiger partial charge in [-0.25, -0.2) is 4.39 Å². The summed E-state index contributed by atoms with van der Waals surface area (Å²) in [5.74, 6) is 0.315. The van der Waals surface area contributed by atoms with Gasteiger partial charge in [0.25, 0.3) is 0 Å². The molecule has 132 valence electrons. The van der Waals surface area contributed by atoms with Gasteiger partial charge in [-0.3, -0.25) is 9.89 Å². The van der Waals surface area contributed by atoms with Gasteiger partial charge in [0.05, 0.1) is 12.2 Å². The van der Waals surface area contributed by atoms with E-state index in [-0.39, 0.29) is 17.8 Å². The summed E-state index contributed by atoms with van der Waals surface area (Å²) in [4.78, 5) is 14.3. The maximum Gasteiger partial charge on any atom is 0.223 e. The number of halogens is 1. The third-order valence-electron chi connectivity index (χ3n) is 5.42. The second-order valence-corrected chi connectivity index (χ2v) is 6.95. The standard InChI is InChI=1S/C19H23FN4O/c20-17-10-14(3-4-16(17)15-11-22-23-12-15)19(13-5-7-21-8-6-13)24-9-1-2-18(24)25/h3-4,10-13,19,21H,1-2,5-9H2,(H,22,23). The molecule has 0 radical (unpaired) electrons. The minimum absolute atomic E-state index is 0.0231. The second kappa shape index (κ2) is 6.96. The number of rotatable bonds is 4. The largest absolute Gasteiger partial charge is 0.335 e. The number of amides is 1. The van der Waals surface area contributed by atoms with E-state index in [9.17, 15) is 9.18 Å². The lowest BCUT2D eigenvalue weighted by Gasteiger charge is -2.37. The lowest BCUT2D eigenvalue weighted by atomic mass is 9.84. The Morgan fingerprint density at radius 3 is 2.76 bits per heavy atom. The Morgan fingerprint density at radius 2 is 2.12 bits per heavy atom. The van der Waals surface area contributed by atoms with Crippen LogP contribution in [0.5, 0.6) is 0 Å². The molecule has 0 bridgehead atoms. The average Bonchev–Trinajstić information content (AvgIpc) is 3.29. The quantitative estimate of drug-likeness (QED) is 0.898. The van der Waals surface area contributed by atoms with Gasteiger partial charge in [-0.15, -0.1) is 0 Å². The van der Waals surface area contributed by atoms with Gasteiger partial charge in [-0.2, -0.15) is 5.10 Å². The molecule has 0 saturated carbocycles. The van der Waals surface area contributed by atoms with Crippen LogP contribution in [-0.4, -0.2) is 40.6 Å². The van der Waals surface area contributed by atoms with E-state index in [2.05, 4.69) is 15.5 Å². The summed E-state index contributed by atoms with van der Waals surface area (Å²) in [6.45, 7) is 2.69. The molecule has 0 spiro atoms. The maximum absolute atomic E-state index is 14.8. The molecule has 25 heavy (non-hydrogen) atoms. The van der Waals surface area contributed by atoms with Gasteiger partial charge < -0.3 is 10.2 Å². The summed E-state index contributed by atoms with van der Waals surface area (Å²) in [5.41, 5.74) is 2.18. The van der Waals surface area contributed by atoms with E-state index < -0.39 is 0 Å². The molecule has 2 N–H and O–H groups in total. The van der Waals surface area contributed by atoms with Crippen LogP contribution < -0.4 is 5.32 Å². The highest BCUT2D eigenvalue weighted by Gasteiger charge is 2.35. The fourth-order valence-corrected chi connectivity index (χ4v) is 4.18. The van der Waals surface area contributed by atoms with Gasteiger partial charge in [0.1, 0.15) is 5.82 Å². The molecule has 5 nitrogen and oxygen atoms in total. The molecule has 2 saturated heterocycles. The highest BCUT2D eigenvalue weighted by molar-refractivity contribution is 5.78. The van der Waals surface area contributed by atoms with Crippen molar-refractivity contribution in [1.29, 1.82) is 0 Å². The predicted octanol–water partition coefficient (Wildman–Crippen LogP) is 2.88. The maximum atomic E-state index is 14.8. The molecule has 0 aliphatic carbocycles. The molecule has 3 heterocycles. The van der Waals surface area contributed by atoms with Crippen molar-refractivity contribution in [3.8, 4) is 11.1 Å². The van der Waals surface area contributed by atoms with Gasteiger partial charge in [0.2, 0.25) is 5.91 Å². The average molecular weight is 342 g/mol. The summed E-state index contributed by atoms with van der Waals surface area (Å²) in [5, 5.41) is 9.98. The van der Waals surface area contributed by atoms with Crippen molar-refractivity contribution in [2.75, 3.05) is 19.6 Å². The van der Waals surface area contributed by atoms with Gasteiger partial charge in [0, 0.05) is 30.3 Å². The number of hydrogen-bond donors (Lipinski definition) is 2. The number of benzene rings is 1. The second-order valence-electron chi connectivity index (χ2n) is 6.95. The van der Waals surface area contributed by atoms with E-state index in [1.54, 1.807) is 18.5 Å². The van der Waals surface area contributed by atoms with Crippen LogP contribution in [0, 0.1) is 11.7 Å². The van der Waals surface area contributed by atoms with Crippen LogP contribution in [0.25, 0.3) is 11.1 Å². The Morgan fingerprint density at radius 1 is 1.28 bits per heavy atom. The van der Waals surface area contributed by atoms with Crippen LogP contribution in [0.1, 0.15) is 37.3 Å². The zero-order chi connectivity index (χ0) is 17.2. The Hall–Kier alpha value is -2.21. The molecule has 2 aliphatic rings. The third kappa shape index (κ3) is 3.18. The first-order valence-corrected chi connectivity index (χ1v) is 9.03. The van der Waals surface area contributed by atoms with Crippen LogP contribution in [0.3, 0.4) is 0 Å². The predicted molar refractivity (Wildman–Crippen MR) is 93.3 cm³/mol. The number of hydrogen-bond acceptors (Lipinski definition) is 3. The van der Waals surface area contributed by atoms with E-state index in [0.717, 1.165) is 50.0 Å². The first-order valence-electron chi connectivity index (χ1n) is 9.03. The first kappa shape index (κ1) is 16.3. The lowest BCUT2D eigenvalue weighted by molar-refractivity contribution is -0.131. The van der Waals surface area contributed by atoms with Gasteiger partial charge >= 0.3 is 0 Å². The third-order valence-corrected chi connectivity index (χ3v) is 5.42. The van der Waals surface area contributed by atoms with Crippen molar-refractivity contribution in [2.24, 2.45) is 5.92 Å². The number of aromatic nitrogens is 2. The first-order chi connectivity index (χ1) is 12.2. The minimum atomic E-state index is -0.260. The zero-order valence-electron chi connectivity index (χ0n) is 14.2. The van der Waals surface area contributed by atoms with Gasteiger partial charge in [-0.1, -0.05) is 12.1 Å². The molecule has 1 aromatic carbocycles. The summed E-state index contributed by atoms with van der Waals surface area (Å²) in [6, 6.07) is 5.37. The Bertz CT molecular complexity index is 740. The van der Waals surface area contributed by atoms with E-state index in [0.29, 0.717) is 17.9 Å². The summed E-state index contributed by atoms with van der Waals surface area (Å²) < 4.78 is 14.8. The lowest BCUT2D eigenvalue weighted by Crippen LogP contribution is -2.39. The van der Waals surface area contributed by atoms with Crippen LogP contribution in [-0.2, 0) is 4.79 Å². The number of likely N-dealkylation sites (tertiary alicyclic amines) is 1. The SMILES string of the molecule is O=C1CCCN1C(c1ccc(-c2cn[nH]c2)c(F)c1)C1CCNCC1. The molecule has 2 fully saturated rings. The molecular weight excluding hydrogens is 319 g/mol. The summed E-state index contributed by atoms with van der Waals surface area (Å²) >= 11 is 0. The molecule has 1 aromatic heterocycles. The highest BCUT2D eigenvalue weighted by Crippen LogP contribution is 2.38. The summed E-state index contributed by atoms with van der Waals surface area (Å²) in [7, 11) is 0. The molecule has 2 aliphatic heterocycles. The summed E-state index contributed by atoms with van der Waals surface area (Å²) in [6.07, 6.45) is 6.84. The zero-order valence-corrected chi connectivity index (χ0v) is 14.2. The number of nitrogens with one attached hydrogen (secondary N) is 2. The van der Waals surface area contributed by atoms with Gasteiger partial charge in [-0.05, 0) is 49.9 Å². The Kier molecular flexibility index (Phi) is 4.53. The van der Waals surface area contributed by atoms with E-state index in [1.807, 2.05) is 17.0 Å². The molecule has 1 amide bonds. The topological polar surface area (TPSA) is 61.0 Å². The fourth-order valence-electron chi connectivity index (χ4n) is 4.18. The van der Waals surface area contributed by atoms with E-state index in [4.69, 9.17) is 0 Å². The van der Waals surface area contributed by atoms with Gasteiger partial charge in [0.15, 0.2) is 0 Å². The van der Waals surface area contributed by atoms with Crippen molar-refractivity contribution >= 4 is 5.91 Å². The number of carbonyl (C=O) groups is 1. The normalized spacial score (nSPS) is 20.2. The van der Waals surface area contributed by atoms with Crippen molar-refractivity contribution < 1.29 is 9.18 Å². The highest BCUT2D eigenvalue weighted by atomic mass is 19.1. The molecule has 1 unspecified atom stereocenters. The Balaban J connectivity index is 1.69. The number of H-pyrrole nitrogens is 1. The molecule has 4 rings (SSSR count). The number of aromatic amines is 1. The Labute approximate surface area is 146 Å². The van der Waals surface area contributed by atoms with Crippen molar-refractivity contribution in [3.05, 3.63) is 42.0 Å². The van der Waals surface area contributed by atoms with Crippen LogP contribution in [0.2, 0.25) is 0 Å². The van der Waals surface area contributed by atoms with Crippen LogP contribution in [0.15, 0.2) is 30.6 Å². The fraction of sp³-hybridized carbons (Fsp3) is 0.474. The molecule has 6 heteroatoms. The number of nitrogens with zero attached hydrogens (tertiary/aromatic N) is 2. The van der Waals surface area contributed by atoms with Crippen LogP contribution in [0.4, 0.5) is 4.39 Å². The van der Waals surface area contributed by atoms with E-state index in [1.165, 1.54) is 0 Å². The molecule has 1 atom stereocenters. The van der Waals surface area contributed by atoms with E-state index >= 15 is 0 Å². The molecular formula is C19H23FN4O. The number of carbonyl (C=O) groups excluding carboxylic acids is 1. The minimum Gasteiger partial charge on any atom is -0.335 e. The number of piperidine rings is 1. The van der Waals surface area contributed by atoms with Crippen molar-refractivity contribution in [1.82, 2.24) is 20.4 Å².